The van der Waals surface area contributed by atoms with Crippen molar-refractivity contribution < 1.29 is 14.6 Å². The summed E-state index contributed by atoms with van der Waals surface area (Å²) in [6, 6.07) is 16.1. The largest absolute Gasteiger partial charge is 0.507 e. The van der Waals surface area contributed by atoms with Crippen molar-refractivity contribution in [2.45, 2.75) is 6.23 Å². The Morgan fingerprint density at radius 3 is 2.33 bits per heavy atom. The summed E-state index contributed by atoms with van der Waals surface area (Å²) in [6.45, 7) is 0. The number of nitrogens with zero attached hydrogens (tertiary/aromatic N) is 1. The van der Waals surface area contributed by atoms with Crippen LogP contribution in [0.1, 0.15) is 11.8 Å². The van der Waals surface area contributed by atoms with Gasteiger partial charge in [-0.25, -0.2) is 9.69 Å². The Morgan fingerprint density at radius 2 is 1.67 bits per heavy atom. The average Bonchev–Trinajstić information content (AvgIpc) is 2.38. The van der Waals surface area contributed by atoms with E-state index in [-0.39, 0.29) is 5.75 Å². The molecule has 0 aliphatic carbocycles. The average molecular weight is 241 g/mol. The van der Waals surface area contributed by atoms with Crippen molar-refractivity contribution in [2.24, 2.45) is 0 Å². The highest BCUT2D eigenvalue weighted by atomic mass is 16.6. The van der Waals surface area contributed by atoms with Crippen LogP contribution in [0.3, 0.4) is 0 Å². The molecule has 1 aliphatic rings. The fourth-order valence-corrected chi connectivity index (χ4v) is 1.98. The second-order valence-electron chi connectivity index (χ2n) is 4.00. The Balaban J connectivity index is 1.96. The maximum absolute atomic E-state index is 11.5. The maximum Gasteiger partial charge on any atom is 0.419 e. The van der Waals surface area contributed by atoms with Crippen LogP contribution in [0.4, 0.5) is 10.5 Å². The second-order valence-corrected chi connectivity index (χ2v) is 4.00. The Kier molecular flexibility index (Phi) is 2.41. The number of hydrogen-bond donors (Lipinski definition) is 1. The smallest absolute Gasteiger partial charge is 0.419 e. The molecule has 90 valence electrons. The minimum absolute atomic E-state index is 0.121. The van der Waals surface area contributed by atoms with Gasteiger partial charge < -0.3 is 9.84 Å². The van der Waals surface area contributed by atoms with Crippen LogP contribution < -0.4 is 4.90 Å². The van der Waals surface area contributed by atoms with E-state index in [1.54, 1.807) is 24.3 Å². The predicted molar refractivity (Wildman–Crippen MR) is 66.2 cm³/mol. The van der Waals surface area contributed by atoms with Crippen LogP contribution in [-0.4, -0.2) is 11.2 Å². The molecule has 0 saturated carbocycles. The van der Waals surface area contributed by atoms with Gasteiger partial charge in [-0.15, -0.1) is 0 Å². The normalized spacial score (nSPS) is 18.1. The summed E-state index contributed by atoms with van der Waals surface area (Å²) in [5.41, 5.74) is 1.34. The number of phenolic OH excluding ortho intramolecular Hbond substituents is 1. The molecule has 18 heavy (non-hydrogen) atoms. The van der Waals surface area contributed by atoms with E-state index < -0.39 is 12.3 Å². The number of para-hydroxylation sites is 2. The minimum Gasteiger partial charge on any atom is -0.507 e. The lowest BCUT2D eigenvalue weighted by molar-refractivity contribution is 0.0417. The SMILES string of the molecule is O=C1OC(c2ccccc2O)N1c1ccccc1. The Labute approximate surface area is 104 Å². The number of cyclic esters (lactones) is 1. The minimum atomic E-state index is -0.555. The van der Waals surface area contributed by atoms with Gasteiger partial charge in [0, 0.05) is 0 Å². The number of hydrogen-bond acceptors (Lipinski definition) is 3. The van der Waals surface area contributed by atoms with Gasteiger partial charge >= 0.3 is 6.09 Å². The molecule has 0 bridgehead atoms. The molecule has 0 radical (unpaired) electrons. The van der Waals surface area contributed by atoms with Crippen LogP contribution in [0.15, 0.2) is 54.6 Å². The molecule has 1 atom stereocenters. The molecule has 1 N–H and O–H groups in total. The molecule has 1 amide bonds. The summed E-state index contributed by atoms with van der Waals surface area (Å²) in [5.74, 6) is 0.121. The van der Waals surface area contributed by atoms with Gasteiger partial charge in [-0.05, 0) is 24.3 Å². The van der Waals surface area contributed by atoms with Gasteiger partial charge in [-0.1, -0.05) is 30.3 Å². The third-order valence-corrected chi connectivity index (χ3v) is 2.88. The van der Waals surface area contributed by atoms with Crippen LogP contribution in [0.2, 0.25) is 0 Å². The van der Waals surface area contributed by atoms with E-state index in [2.05, 4.69) is 0 Å². The van der Waals surface area contributed by atoms with Gasteiger partial charge in [0.05, 0.1) is 11.3 Å². The highest BCUT2D eigenvalue weighted by Gasteiger charge is 2.41. The molecule has 1 aliphatic heterocycles. The molecule has 1 fully saturated rings. The summed E-state index contributed by atoms with van der Waals surface area (Å²) in [7, 11) is 0. The molecule has 2 aromatic rings. The lowest BCUT2D eigenvalue weighted by atomic mass is 10.1. The van der Waals surface area contributed by atoms with Crippen molar-refractivity contribution in [3.8, 4) is 5.75 Å². The van der Waals surface area contributed by atoms with E-state index in [1.165, 1.54) is 4.90 Å². The fraction of sp³-hybridized carbons (Fsp3) is 0.0714. The van der Waals surface area contributed by atoms with Crippen molar-refractivity contribution in [3.63, 3.8) is 0 Å². The lowest BCUT2D eigenvalue weighted by Gasteiger charge is -2.39. The van der Waals surface area contributed by atoms with E-state index in [4.69, 9.17) is 4.74 Å². The van der Waals surface area contributed by atoms with Crippen LogP contribution >= 0.6 is 0 Å². The maximum atomic E-state index is 11.5. The predicted octanol–water partition coefficient (Wildman–Crippen LogP) is 3.05. The molecule has 4 nitrogen and oxygen atoms in total. The van der Waals surface area contributed by atoms with Gasteiger partial charge in [0.25, 0.3) is 0 Å². The first-order valence-corrected chi connectivity index (χ1v) is 5.60. The summed E-state index contributed by atoms with van der Waals surface area (Å²) >= 11 is 0. The molecule has 0 aromatic heterocycles. The lowest BCUT2D eigenvalue weighted by Crippen LogP contribution is -2.48. The Morgan fingerprint density at radius 1 is 1.00 bits per heavy atom. The molecule has 0 spiro atoms. The Hall–Kier alpha value is -2.49. The number of carbonyl (C=O) groups excluding carboxylic acids is 1. The molecule has 1 saturated heterocycles. The van der Waals surface area contributed by atoms with E-state index in [9.17, 15) is 9.90 Å². The van der Waals surface area contributed by atoms with Crippen LogP contribution in [0.5, 0.6) is 5.75 Å². The molecule has 2 aromatic carbocycles. The van der Waals surface area contributed by atoms with Gasteiger partial charge in [0.1, 0.15) is 5.75 Å². The topological polar surface area (TPSA) is 49.8 Å². The number of aromatic hydroxyl groups is 1. The first kappa shape index (κ1) is 10.7. The van der Waals surface area contributed by atoms with E-state index in [0.717, 1.165) is 5.69 Å². The Bertz CT molecular complexity index is 583. The number of carbonyl (C=O) groups is 1. The van der Waals surface area contributed by atoms with Gasteiger partial charge in [0.2, 0.25) is 6.23 Å². The van der Waals surface area contributed by atoms with Gasteiger partial charge in [-0.2, -0.15) is 0 Å². The number of rotatable bonds is 2. The number of anilines is 1. The highest BCUT2D eigenvalue weighted by molar-refractivity contribution is 5.93. The van der Waals surface area contributed by atoms with E-state index >= 15 is 0 Å². The number of phenols is 1. The highest BCUT2D eigenvalue weighted by Crippen LogP contribution is 2.39. The number of benzene rings is 2. The first-order chi connectivity index (χ1) is 8.77. The van der Waals surface area contributed by atoms with Crippen molar-refractivity contribution in [3.05, 3.63) is 60.2 Å². The molecular formula is C14H11NO3. The molecule has 1 unspecified atom stereocenters. The molecular weight excluding hydrogens is 230 g/mol. The summed E-state index contributed by atoms with van der Waals surface area (Å²) < 4.78 is 5.10. The van der Waals surface area contributed by atoms with Crippen LogP contribution in [0.25, 0.3) is 0 Å². The monoisotopic (exact) mass is 241 g/mol. The zero-order chi connectivity index (χ0) is 12.5. The quantitative estimate of drug-likeness (QED) is 0.879. The molecule has 1 heterocycles. The zero-order valence-corrected chi connectivity index (χ0v) is 9.48. The van der Waals surface area contributed by atoms with Crippen molar-refractivity contribution in [1.82, 2.24) is 0 Å². The van der Waals surface area contributed by atoms with Crippen molar-refractivity contribution >= 4 is 11.8 Å². The molecule has 4 heteroatoms. The third kappa shape index (κ3) is 1.59. The van der Waals surface area contributed by atoms with E-state index in [1.807, 2.05) is 30.3 Å². The third-order valence-electron chi connectivity index (χ3n) is 2.88. The summed E-state index contributed by atoms with van der Waals surface area (Å²) in [6.07, 6.45) is -0.962. The number of ether oxygens (including phenoxy) is 1. The summed E-state index contributed by atoms with van der Waals surface area (Å²) in [5, 5.41) is 9.78. The molecule has 3 rings (SSSR count). The standard InChI is InChI=1S/C14H11NO3/c16-12-9-5-4-8-11(12)13-15(14(17)18-13)10-6-2-1-3-7-10/h1-9,13,16H. The van der Waals surface area contributed by atoms with E-state index in [0.29, 0.717) is 5.56 Å². The van der Waals surface area contributed by atoms with Gasteiger partial charge in [-0.3, -0.25) is 0 Å². The zero-order valence-electron chi connectivity index (χ0n) is 9.48. The van der Waals surface area contributed by atoms with Crippen molar-refractivity contribution in [1.29, 1.82) is 0 Å². The second kappa shape index (κ2) is 4.07. The fourth-order valence-electron chi connectivity index (χ4n) is 1.98. The number of amides is 1. The summed E-state index contributed by atoms with van der Waals surface area (Å²) in [4.78, 5) is 13.1. The van der Waals surface area contributed by atoms with Gasteiger partial charge in [0.15, 0.2) is 0 Å². The first-order valence-electron chi connectivity index (χ1n) is 5.60. The van der Waals surface area contributed by atoms with Crippen LogP contribution in [-0.2, 0) is 4.74 Å². The van der Waals surface area contributed by atoms with Crippen LogP contribution in [0, 0.1) is 0 Å². The van der Waals surface area contributed by atoms with Crippen molar-refractivity contribution in [2.75, 3.05) is 4.90 Å².